The van der Waals surface area contributed by atoms with Crippen LogP contribution in [0.1, 0.15) is 10.4 Å². The van der Waals surface area contributed by atoms with Gasteiger partial charge >= 0.3 is 0 Å². The van der Waals surface area contributed by atoms with E-state index in [1.807, 2.05) is 0 Å². The van der Waals surface area contributed by atoms with Crippen molar-refractivity contribution in [2.45, 2.75) is 0 Å². The van der Waals surface area contributed by atoms with E-state index >= 15 is 0 Å². The first-order valence-electron chi connectivity index (χ1n) is 6.73. The van der Waals surface area contributed by atoms with Crippen LogP contribution in [0.25, 0.3) is 0 Å². The first kappa shape index (κ1) is 15.9. The molecule has 0 aliphatic carbocycles. The molecule has 0 spiro atoms. The monoisotopic (exact) mass is 356 g/mol. The number of carbonyl (C=O) groups excluding carboxylic acids is 1. The van der Waals surface area contributed by atoms with Gasteiger partial charge in [0.05, 0.1) is 4.92 Å². The maximum Gasteiger partial charge on any atom is 0.283 e. The molecule has 0 saturated carbocycles. The predicted octanol–water partition coefficient (Wildman–Crippen LogP) is 0.992. The molecule has 1 heterocycles. The number of hydrogen-bond acceptors (Lipinski definition) is 5. The van der Waals surface area contributed by atoms with E-state index in [1.54, 1.807) is 6.07 Å². The van der Waals surface area contributed by atoms with Crippen LogP contribution in [-0.4, -0.2) is 55.0 Å². The topological polar surface area (TPSA) is 87.5 Å². The number of benzene rings is 1. The van der Waals surface area contributed by atoms with E-state index in [4.69, 9.17) is 0 Å². The van der Waals surface area contributed by atoms with Gasteiger partial charge in [0, 0.05) is 49.8 Å². The Labute approximate surface area is 131 Å². The molecule has 1 aromatic rings. The molecule has 1 aliphatic rings. The Morgan fingerprint density at radius 3 is 2.81 bits per heavy atom. The Morgan fingerprint density at radius 1 is 1.43 bits per heavy atom. The van der Waals surface area contributed by atoms with Gasteiger partial charge in [0.1, 0.15) is 5.56 Å². The van der Waals surface area contributed by atoms with E-state index in [0.29, 0.717) is 11.0 Å². The maximum atomic E-state index is 12.1. The fourth-order valence-electron chi connectivity index (χ4n) is 2.21. The Balaban J connectivity index is 1.92. The summed E-state index contributed by atoms with van der Waals surface area (Å²) in [5, 5.41) is 17.0. The molecule has 0 unspecified atom stereocenters. The number of carbonyl (C=O) groups is 1. The van der Waals surface area contributed by atoms with Crippen molar-refractivity contribution >= 4 is 27.5 Å². The lowest BCUT2D eigenvalue weighted by molar-refractivity contribution is -0.385. The molecule has 0 atom stereocenters. The molecule has 7 nitrogen and oxygen atoms in total. The number of nitro benzene ring substituents is 1. The van der Waals surface area contributed by atoms with Gasteiger partial charge in [-0.05, 0) is 12.1 Å². The van der Waals surface area contributed by atoms with Crippen LogP contribution in [0.4, 0.5) is 5.69 Å². The summed E-state index contributed by atoms with van der Waals surface area (Å²) in [6, 6.07) is 4.42. The van der Waals surface area contributed by atoms with E-state index in [1.165, 1.54) is 12.1 Å². The lowest BCUT2D eigenvalue weighted by atomic mass is 10.1. The van der Waals surface area contributed by atoms with Gasteiger partial charge in [-0.3, -0.25) is 19.8 Å². The quantitative estimate of drug-likeness (QED) is 0.606. The van der Waals surface area contributed by atoms with Gasteiger partial charge in [-0.2, -0.15) is 0 Å². The number of nitrogens with zero attached hydrogens (tertiary/aromatic N) is 2. The minimum absolute atomic E-state index is 0.0866. The third-order valence-corrected chi connectivity index (χ3v) is 3.82. The van der Waals surface area contributed by atoms with E-state index in [2.05, 4.69) is 31.5 Å². The first-order chi connectivity index (χ1) is 10.1. The van der Waals surface area contributed by atoms with E-state index in [0.717, 1.165) is 32.7 Å². The molecular weight excluding hydrogens is 340 g/mol. The second-order valence-corrected chi connectivity index (χ2v) is 5.68. The smallest absolute Gasteiger partial charge is 0.283 e. The van der Waals surface area contributed by atoms with E-state index in [9.17, 15) is 14.9 Å². The number of nitro groups is 1. The van der Waals surface area contributed by atoms with Gasteiger partial charge in [-0.25, -0.2) is 0 Å². The van der Waals surface area contributed by atoms with E-state index in [-0.39, 0.29) is 11.3 Å². The first-order valence-corrected chi connectivity index (χ1v) is 7.52. The minimum Gasteiger partial charge on any atom is -0.351 e. The summed E-state index contributed by atoms with van der Waals surface area (Å²) < 4.78 is 0.576. The summed E-state index contributed by atoms with van der Waals surface area (Å²) in [6.07, 6.45) is 0. The molecule has 2 rings (SSSR count). The fraction of sp³-hybridized carbons (Fsp3) is 0.462. The minimum atomic E-state index is -0.546. The van der Waals surface area contributed by atoms with Gasteiger partial charge in [0.25, 0.3) is 11.6 Å². The van der Waals surface area contributed by atoms with Crippen LogP contribution in [0.5, 0.6) is 0 Å². The largest absolute Gasteiger partial charge is 0.351 e. The standard InChI is InChI=1S/C13H17BrN4O3/c14-10-1-2-11(12(9-10)18(20)21)13(19)16-5-8-17-6-3-15-4-7-17/h1-2,9,15H,3-8H2,(H,16,19). The summed E-state index contributed by atoms with van der Waals surface area (Å²) in [4.78, 5) is 24.7. The van der Waals surface area contributed by atoms with Crippen LogP contribution in [0.15, 0.2) is 22.7 Å². The van der Waals surface area contributed by atoms with E-state index < -0.39 is 10.8 Å². The second-order valence-electron chi connectivity index (χ2n) is 4.77. The Morgan fingerprint density at radius 2 is 2.14 bits per heavy atom. The highest BCUT2D eigenvalue weighted by Gasteiger charge is 2.20. The normalized spacial score (nSPS) is 15.7. The van der Waals surface area contributed by atoms with Crippen LogP contribution in [0.2, 0.25) is 0 Å². The SMILES string of the molecule is O=C(NCCN1CCNCC1)c1ccc(Br)cc1[N+](=O)[O-]. The molecule has 1 aliphatic heterocycles. The van der Waals surface area contributed by atoms with Crippen LogP contribution < -0.4 is 10.6 Å². The fourth-order valence-corrected chi connectivity index (χ4v) is 2.55. The molecule has 8 heteroatoms. The molecule has 0 bridgehead atoms. The van der Waals surface area contributed by atoms with Crippen LogP contribution in [0.3, 0.4) is 0 Å². The average Bonchev–Trinajstić information content (AvgIpc) is 2.48. The van der Waals surface area contributed by atoms with Crippen molar-refractivity contribution in [3.63, 3.8) is 0 Å². The number of piperazine rings is 1. The zero-order valence-electron chi connectivity index (χ0n) is 11.5. The van der Waals surface area contributed by atoms with Crippen LogP contribution in [-0.2, 0) is 0 Å². The number of rotatable bonds is 5. The zero-order chi connectivity index (χ0) is 15.2. The van der Waals surface area contributed by atoms with Gasteiger partial charge in [0.15, 0.2) is 0 Å². The molecule has 21 heavy (non-hydrogen) atoms. The van der Waals surface area contributed by atoms with Crippen molar-refractivity contribution in [3.05, 3.63) is 38.3 Å². The van der Waals surface area contributed by atoms with Crippen molar-refractivity contribution in [2.24, 2.45) is 0 Å². The molecule has 2 N–H and O–H groups in total. The number of nitrogens with one attached hydrogen (secondary N) is 2. The predicted molar refractivity (Wildman–Crippen MR) is 82.4 cm³/mol. The molecular formula is C13H17BrN4O3. The molecule has 0 aromatic heterocycles. The Kier molecular flexibility index (Phi) is 5.66. The van der Waals surface area contributed by atoms with Crippen LogP contribution >= 0.6 is 15.9 Å². The molecule has 1 fully saturated rings. The van der Waals surface area contributed by atoms with Gasteiger partial charge in [-0.1, -0.05) is 15.9 Å². The average molecular weight is 357 g/mol. The van der Waals surface area contributed by atoms with Crippen molar-refractivity contribution < 1.29 is 9.72 Å². The third kappa shape index (κ3) is 4.48. The summed E-state index contributed by atoms with van der Waals surface area (Å²) in [5.74, 6) is -0.413. The number of hydrogen-bond donors (Lipinski definition) is 2. The van der Waals surface area contributed by atoms with Crippen molar-refractivity contribution in [1.29, 1.82) is 0 Å². The maximum absolute atomic E-state index is 12.1. The number of halogens is 1. The summed E-state index contributed by atoms with van der Waals surface area (Å²) in [7, 11) is 0. The van der Waals surface area contributed by atoms with Crippen molar-refractivity contribution in [1.82, 2.24) is 15.5 Å². The molecule has 1 aromatic carbocycles. The zero-order valence-corrected chi connectivity index (χ0v) is 13.1. The number of amides is 1. The summed E-state index contributed by atoms with van der Waals surface area (Å²) in [6.45, 7) is 5.03. The Hall–Kier alpha value is -1.51. The summed E-state index contributed by atoms with van der Waals surface area (Å²) in [5.41, 5.74) is -0.104. The van der Waals surface area contributed by atoms with Crippen molar-refractivity contribution in [2.75, 3.05) is 39.3 Å². The highest BCUT2D eigenvalue weighted by Crippen LogP contribution is 2.23. The highest BCUT2D eigenvalue weighted by molar-refractivity contribution is 9.10. The van der Waals surface area contributed by atoms with Gasteiger partial charge < -0.3 is 10.6 Å². The molecule has 1 amide bonds. The second kappa shape index (κ2) is 7.48. The lowest BCUT2D eigenvalue weighted by Gasteiger charge is -2.27. The summed E-state index contributed by atoms with van der Waals surface area (Å²) >= 11 is 3.17. The van der Waals surface area contributed by atoms with Gasteiger partial charge in [-0.15, -0.1) is 0 Å². The lowest BCUT2D eigenvalue weighted by Crippen LogP contribution is -2.46. The van der Waals surface area contributed by atoms with Crippen molar-refractivity contribution in [3.8, 4) is 0 Å². The molecule has 0 radical (unpaired) electrons. The third-order valence-electron chi connectivity index (χ3n) is 3.32. The highest BCUT2D eigenvalue weighted by atomic mass is 79.9. The van der Waals surface area contributed by atoms with Crippen LogP contribution in [0, 0.1) is 10.1 Å². The Bertz CT molecular complexity index is 532. The molecule has 1 saturated heterocycles. The van der Waals surface area contributed by atoms with Gasteiger partial charge in [0.2, 0.25) is 0 Å². The molecule has 114 valence electrons.